The Labute approximate surface area is 116 Å². The Morgan fingerprint density at radius 2 is 1.42 bits per heavy atom. The van der Waals surface area contributed by atoms with Crippen molar-refractivity contribution in [3.63, 3.8) is 0 Å². The van der Waals surface area contributed by atoms with E-state index in [4.69, 9.17) is 15.3 Å². The number of guanidine groups is 1. The van der Waals surface area contributed by atoms with Gasteiger partial charge in [0, 0.05) is 6.92 Å². The number of rotatable bonds is 5. The second-order valence-corrected chi connectivity index (χ2v) is 4.30. The van der Waals surface area contributed by atoms with Crippen LogP contribution in [0, 0.1) is 5.41 Å². The second kappa shape index (κ2) is 13.1. The van der Waals surface area contributed by atoms with Crippen molar-refractivity contribution in [2.45, 2.75) is 40.7 Å². The second-order valence-electron chi connectivity index (χ2n) is 4.30. The van der Waals surface area contributed by atoms with Gasteiger partial charge in [-0.25, -0.2) is 0 Å². The molecule has 0 aliphatic carbocycles. The molecule has 0 rings (SSSR count). The summed E-state index contributed by atoms with van der Waals surface area (Å²) in [5, 5.41) is 22.7. The van der Waals surface area contributed by atoms with Crippen LogP contribution in [-0.4, -0.2) is 58.9 Å². The number of aliphatic hydroxyl groups excluding tert-OH is 1. The summed E-state index contributed by atoms with van der Waals surface area (Å²) in [7, 11) is 0. The van der Waals surface area contributed by atoms with Gasteiger partial charge in [0.1, 0.15) is 12.6 Å². The number of nitrogens with zero attached hydrogens (tertiary/aromatic N) is 1. The standard InChI is InChI=1S/C9H22NO.C2H4O2.CH5N3/c1-5-10(6-2,7-3)8-9(4)11;1-2(3)4;2-1(3)4/h9,11H,5-8H2,1-4H3;1H3,(H,3,4);(H5,2,3,4)/q+1;;. The first kappa shape index (κ1) is 22.8. The van der Waals surface area contributed by atoms with Crippen molar-refractivity contribution >= 4 is 11.9 Å². The Balaban J connectivity index is -0.000000264. The first-order chi connectivity index (χ1) is 8.56. The molecule has 1 unspecified atom stereocenters. The zero-order valence-electron chi connectivity index (χ0n) is 12.8. The highest BCUT2D eigenvalue weighted by atomic mass is 16.4. The molecule has 0 aliphatic rings. The molecule has 0 radical (unpaired) electrons. The maximum Gasteiger partial charge on any atom is 0.300 e. The minimum Gasteiger partial charge on any atom is -0.481 e. The predicted octanol–water partition coefficient (Wildman–Crippen LogP) is 0.173. The zero-order chi connectivity index (χ0) is 16.1. The van der Waals surface area contributed by atoms with Gasteiger partial charge in [-0.3, -0.25) is 10.2 Å². The summed E-state index contributed by atoms with van der Waals surface area (Å²) in [5.74, 6) is -1.17. The zero-order valence-corrected chi connectivity index (χ0v) is 12.8. The fourth-order valence-corrected chi connectivity index (χ4v) is 1.62. The van der Waals surface area contributed by atoms with Crippen molar-refractivity contribution in [3.05, 3.63) is 0 Å². The maximum absolute atomic E-state index is 9.27. The normalized spacial score (nSPS) is 11.3. The van der Waals surface area contributed by atoms with E-state index < -0.39 is 5.97 Å². The Morgan fingerprint density at radius 1 is 1.21 bits per heavy atom. The van der Waals surface area contributed by atoms with Crippen LogP contribution >= 0.6 is 0 Å². The lowest BCUT2D eigenvalue weighted by Gasteiger charge is -2.36. The molecule has 0 aromatic heterocycles. The summed E-state index contributed by atoms with van der Waals surface area (Å²) in [6.07, 6.45) is -0.171. The Kier molecular flexibility index (Phi) is 15.7. The monoisotopic (exact) mass is 279 g/mol. The van der Waals surface area contributed by atoms with Gasteiger partial charge in [0.25, 0.3) is 5.97 Å². The number of carboxylic acid groups (broad SMARTS) is 1. The number of carboxylic acids is 1. The summed E-state index contributed by atoms with van der Waals surface area (Å²) in [5.41, 5.74) is 8.94. The average Bonchev–Trinajstić information content (AvgIpc) is 2.24. The molecule has 19 heavy (non-hydrogen) atoms. The van der Waals surface area contributed by atoms with Gasteiger partial charge in [0.05, 0.1) is 19.6 Å². The van der Waals surface area contributed by atoms with E-state index in [1.165, 1.54) is 0 Å². The molecule has 0 heterocycles. The van der Waals surface area contributed by atoms with E-state index in [1.54, 1.807) is 0 Å². The van der Waals surface area contributed by atoms with Crippen LogP contribution in [0.2, 0.25) is 0 Å². The van der Waals surface area contributed by atoms with Crippen molar-refractivity contribution in [1.82, 2.24) is 0 Å². The van der Waals surface area contributed by atoms with Crippen molar-refractivity contribution in [2.75, 3.05) is 26.2 Å². The lowest BCUT2D eigenvalue weighted by atomic mass is 10.2. The molecule has 0 spiro atoms. The van der Waals surface area contributed by atoms with Gasteiger partial charge in [-0.05, 0) is 27.7 Å². The first-order valence-corrected chi connectivity index (χ1v) is 6.39. The largest absolute Gasteiger partial charge is 0.481 e. The summed E-state index contributed by atoms with van der Waals surface area (Å²) in [4.78, 5) is 9.00. The fourth-order valence-electron chi connectivity index (χ4n) is 1.62. The molecule has 0 bridgehead atoms. The van der Waals surface area contributed by atoms with Crippen LogP contribution in [0.3, 0.4) is 0 Å². The van der Waals surface area contributed by atoms with Gasteiger partial charge in [-0.1, -0.05) is 0 Å². The Bertz CT molecular complexity index is 213. The number of nitrogens with one attached hydrogen (secondary N) is 1. The number of aliphatic carboxylic acids is 1. The van der Waals surface area contributed by atoms with Gasteiger partial charge in [0.2, 0.25) is 0 Å². The quantitative estimate of drug-likeness (QED) is 0.278. The highest BCUT2D eigenvalue weighted by Crippen LogP contribution is 2.06. The molecule has 0 aromatic carbocycles. The third kappa shape index (κ3) is 22.3. The molecule has 7 N–H and O–H groups in total. The summed E-state index contributed by atoms with van der Waals surface area (Å²) in [6, 6.07) is 0. The molecule has 7 nitrogen and oxygen atoms in total. The maximum atomic E-state index is 9.27. The van der Waals surface area contributed by atoms with E-state index >= 15 is 0 Å². The highest BCUT2D eigenvalue weighted by molar-refractivity contribution is 5.71. The molecule has 0 aliphatic heterocycles. The molecule has 7 heteroatoms. The fraction of sp³-hybridized carbons (Fsp3) is 0.833. The number of hydrogen-bond acceptors (Lipinski definition) is 3. The topological polar surface area (TPSA) is 133 Å². The van der Waals surface area contributed by atoms with Crippen LogP contribution in [0.1, 0.15) is 34.6 Å². The van der Waals surface area contributed by atoms with Crippen LogP contribution in [-0.2, 0) is 4.79 Å². The number of likely N-dealkylation sites (N-methyl/N-ethyl adjacent to an activating group) is 1. The smallest absolute Gasteiger partial charge is 0.300 e. The van der Waals surface area contributed by atoms with Crippen molar-refractivity contribution in [3.8, 4) is 0 Å². The number of quaternary nitrogens is 1. The molecule has 0 fully saturated rings. The first-order valence-electron chi connectivity index (χ1n) is 6.39. The number of carbonyl (C=O) groups is 1. The minimum atomic E-state index is -0.833. The molecule has 1 atom stereocenters. The van der Waals surface area contributed by atoms with Gasteiger partial charge in [0.15, 0.2) is 5.96 Å². The van der Waals surface area contributed by atoms with Crippen molar-refractivity contribution < 1.29 is 19.5 Å². The van der Waals surface area contributed by atoms with Crippen LogP contribution in [0.4, 0.5) is 0 Å². The van der Waals surface area contributed by atoms with E-state index in [0.717, 1.165) is 37.6 Å². The van der Waals surface area contributed by atoms with Crippen LogP contribution in [0.5, 0.6) is 0 Å². The molecular weight excluding hydrogens is 248 g/mol. The van der Waals surface area contributed by atoms with E-state index in [9.17, 15) is 5.11 Å². The van der Waals surface area contributed by atoms with Crippen LogP contribution < -0.4 is 11.5 Å². The third-order valence-electron chi connectivity index (χ3n) is 2.66. The highest BCUT2D eigenvalue weighted by Gasteiger charge is 2.22. The molecular formula is C12H31N4O3+. The Hall–Kier alpha value is -1.34. The molecule has 0 saturated carbocycles. The summed E-state index contributed by atoms with van der Waals surface area (Å²) >= 11 is 0. The molecule has 0 saturated heterocycles. The van der Waals surface area contributed by atoms with Crippen molar-refractivity contribution in [1.29, 1.82) is 5.41 Å². The number of hydrogen-bond donors (Lipinski definition) is 5. The van der Waals surface area contributed by atoms with E-state index in [2.05, 4.69) is 32.2 Å². The Morgan fingerprint density at radius 3 is 1.47 bits per heavy atom. The molecule has 0 amide bonds. The van der Waals surface area contributed by atoms with Gasteiger partial charge < -0.3 is 26.2 Å². The lowest BCUT2D eigenvalue weighted by Crippen LogP contribution is -2.51. The average molecular weight is 279 g/mol. The molecule has 116 valence electrons. The summed E-state index contributed by atoms with van der Waals surface area (Å²) < 4.78 is 1.04. The van der Waals surface area contributed by atoms with Crippen molar-refractivity contribution in [2.24, 2.45) is 11.5 Å². The molecule has 0 aromatic rings. The van der Waals surface area contributed by atoms with Gasteiger partial charge in [-0.2, -0.15) is 0 Å². The number of aliphatic hydroxyl groups is 1. The van der Waals surface area contributed by atoms with Gasteiger partial charge >= 0.3 is 0 Å². The SMILES string of the molecule is CC(=O)O.CC[N+](CC)(CC)CC(C)O.N=C(N)N. The number of nitrogens with two attached hydrogens (primary N) is 2. The third-order valence-corrected chi connectivity index (χ3v) is 2.66. The lowest BCUT2D eigenvalue weighted by molar-refractivity contribution is -0.925. The van der Waals surface area contributed by atoms with E-state index in [1.807, 2.05) is 6.92 Å². The predicted molar refractivity (Wildman–Crippen MR) is 77.8 cm³/mol. The summed E-state index contributed by atoms with van der Waals surface area (Å²) in [6.45, 7) is 13.8. The van der Waals surface area contributed by atoms with E-state index in [-0.39, 0.29) is 12.1 Å². The van der Waals surface area contributed by atoms with Gasteiger partial charge in [-0.15, -0.1) is 0 Å². The van der Waals surface area contributed by atoms with Crippen LogP contribution in [0.15, 0.2) is 0 Å². The van der Waals surface area contributed by atoms with Crippen LogP contribution in [0.25, 0.3) is 0 Å². The minimum absolute atomic E-state index is 0.171. The van der Waals surface area contributed by atoms with E-state index in [0.29, 0.717) is 0 Å².